The minimum Gasteiger partial charge on any atom is -0.341 e. The van der Waals surface area contributed by atoms with Crippen LogP contribution in [0.4, 0.5) is 0 Å². The molecule has 3 fully saturated rings. The van der Waals surface area contributed by atoms with Crippen molar-refractivity contribution in [1.82, 2.24) is 14.5 Å². The van der Waals surface area contributed by atoms with Crippen molar-refractivity contribution in [3.63, 3.8) is 0 Å². The van der Waals surface area contributed by atoms with Crippen molar-refractivity contribution in [1.29, 1.82) is 0 Å². The summed E-state index contributed by atoms with van der Waals surface area (Å²) >= 11 is 0. The maximum atomic E-state index is 12.7. The summed E-state index contributed by atoms with van der Waals surface area (Å²) in [7, 11) is 0. The second-order valence-electron chi connectivity index (χ2n) is 8.25. The molecule has 0 aromatic carbocycles. The number of nitrogens with zero attached hydrogens (tertiary/aromatic N) is 3. The van der Waals surface area contributed by atoms with Gasteiger partial charge < -0.3 is 9.47 Å². The first-order valence-corrected chi connectivity index (χ1v) is 10.0. The van der Waals surface area contributed by atoms with E-state index < -0.39 is 0 Å². The first-order valence-electron chi connectivity index (χ1n) is 10.0. The van der Waals surface area contributed by atoms with Crippen molar-refractivity contribution < 1.29 is 4.79 Å². The lowest BCUT2D eigenvalue weighted by Crippen LogP contribution is -2.31. The Bertz CT molecular complexity index is 584. The van der Waals surface area contributed by atoms with E-state index in [-0.39, 0.29) is 0 Å². The largest absolute Gasteiger partial charge is 0.341 e. The highest BCUT2D eigenvalue weighted by atomic mass is 16.2. The minimum atomic E-state index is 0.396. The number of imidazole rings is 1. The van der Waals surface area contributed by atoms with Crippen molar-refractivity contribution in [2.45, 2.75) is 83.1 Å². The molecule has 1 atom stereocenters. The minimum absolute atomic E-state index is 0.396. The number of amides is 1. The van der Waals surface area contributed by atoms with E-state index in [0.717, 1.165) is 25.9 Å². The molecule has 1 aromatic heterocycles. The molecule has 1 saturated heterocycles. The second-order valence-corrected chi connectivity index (χ2v) is 8.25. The monoisotopic (exact) mass is 329 g/mol. The molecule has 1 unspecified atom stereocenters. The Morgan fingerprint density at radius 2 is 1.92 bits per heavy atom. The predicted molar refractivity (Wildman–Crippen MR) is 95.0 cm³/mol. The highest BCUT2D eigenvalue weighted by Crippen LogP contribution is 2.38. The van der Waals surface area contributed by atoms with Gasteiger partial charge in [0.25, 0.3) is 0 Å². The van der Waals surface area contributed by atoms with E-state index in [9.17, 15) is 4.79 Å². The van der Waals surface area contributed by atoms with Gasteiger partial charge in [0.05, 0.1) is 6.04 Å². The Hall–Kier alpha value is -1.32. The topological polar surface area (TPSA) is 38.1 Å². The highest BCUT2D eigenvalue weighted by molar-refractivity contribution is 5.76. The van der Waals surface area contributed by atoms with E-state index in [1.807, 2.05) is 6.20 Å². The van der Waals surface area contributed by atoms with Crippen molar-refractivity contribution >= 4 is 5.91 Å². The zero-order valence-corrected chi connectivity index (χ0v) is 15.0. The lowest BCUT2D eigenvalue weighted by atomic mass is 9.84. The molecule has 132 valence electrons. The zero-order valence-electron chi connectivity index (χ0n) is 15.0. The molecule has 0 N–H and O–H groups in total. The molecule has 1 aromatic rings. The van der Waals surface area contributed by atoms with E-state index in [0.29, 0.717) is 23.8 Å². The van der Waals surface area contributed by atoms with Crippen molar-refractivity contribution in [3.05, 3.63) is 17.7 Å². The van der Waals surface area contributed by atoms with Gasteiger partial charge in [0.1, 0.15) is 5.82 Å². The summed E-state index contributed by atoms with van der Waals surface area (Å²) in [5, 5.41) is 0. The van der Waals surface area contributed by atoms with Crippen LogP contribution in [-0.4, -0.2) is 33.4 Å². The van der Waals surface area contributed by atoms with Crippen LogP contribution in [0.15, 0.2) is 6.20 Å². The quantitative estimate of drug-likeness (QED) is 0.830. The Labute approximate surface area is 145 Å². The number of likely N-dealkylation sites (tertiary alicyclic amines) is 1. The third kappa shape index (κ3) is 3.12. The molecule has 2 heterocycles. The molecule has 0 spiro atoms. The summed E-state index contributed by atoms with van der Waals surface area (Å²) in [6, 6.07) is 0.443. The SMILES string of the molecule is Cc1cnc(C2CCC2)n1C1CCN(C(=O)CC2CCCCC2)C1. The highest BCUT2D eigenvalue weighted by Gasteiger charge is 2.33. The second kappa shape index (κ2) is 6.89. The Balaban J connectivity index is 1.39. The fraction of sp³-hybridized carbons (Fsp3) is 0.800. The number of rotatable bonds is 4. The fourth-order valence-corrected chi connectivity index (χ4v) is 4.85. The number of carbonyl (C=O) groups is 1. The van der Waals surface area contributed by atoms with Gasteiger partial charge in [-0.2, -0.15) is 0 Å². The third-order valence-electron chi connectivity index (χ3n) is 6.55. The fourth-order valence-electron chi connectivity index (χ4n) is 4.85. The maximum Gasteiger partial charge on any atom is 0.222 e. The molecule has 4 nitrogen and oxygen atoms in total. The number of carbonyl (C=O) groups excluding carboxylic acids is 1. The van der Waals surface area contributed by atoms with Crippen LogP contribution in [0, 0.1) is 12.8 Å². The summed E-state index contributed by atoms with van der Waals surface area (Å²) in [4.78, 5) is 19.5. The first-order chi connectivity index (χ1) is 11.7. The molecule has 1 aliphatic heterocycles. The van der Waals surface area contributed by atoms with Crippen molar-refractivity contribution in [2.24, 2.45) is 5.92 Å². The Kier molecular flexibility index (Phi) is 4.64. The Morgan fingerprint density at radius 1 is 1.12 bits per heavy atom. The molecular weight excluding hydrogens is 298 g/mol. The van der Waals surface area contributed by atoms with E-state index in [1.54, 1.807) is 0 Å². The van der Waals surface area contributed by atoms with Crippen LogP contribution >= 0.6 is 0 Å². The van der Waals surface area contributed by atoms with Gasteiger partial charge in [-0.1, -0.05) is 25.7 Å². The molecule has 2 aliphatic carbocycles. The predicted octanol–water partition coefficient (Wildman–Crippen LogP) is 4.20. The summed E-state index contributed by atoms with van der Waals surface area (Å²) < 4.78 is 2.46. The third-order valence-corrected chi connectivity index (χ3v) is 6.55. The summed E-state index contributed by atoms with van der Waals surface area (Å²) in [5.74, 6) is 2.98. The molecule has 4 rings (SSSR count). The van der Waals surface area contributed by atoms with Crippen LogP contribution in [0.2, 0.25) is 0 Å². The van der Waals surface area contributed by atoms with E-state index in [1.165, 1.54) is 62.9 Å². The standard InChI is InChI=1S/C20H31N3O/c1-15-13-21-20(17-8-5-9-17)23(15)18-10-11-22(14-18)19(24)12-16-6-3-2-4-7-16/h13,16-18H,2-12,14H2,1H3. The van der Waals surface area contributed by atoms with Crippen LogP contribution in [0.3, 0.4) is 0 Å². The lowest BCUT2D eigenvalue weighted by molar-refractivity contribution is -0.131. The number of aromatic nitrogens is 2. The molecule has 1 amide bonds. The smallest absolute Gasteiger partial charge is 0.222 e. The van der Waals surface area contributed by atoms with E-state index >= 15 is 0 Å². The van der Waals surface area contributed by atoms with Gasteiger partial charge >= 0.3 is 0 Å². The summed E-state index contributed by atoms with van der Waals surface area (Å²) in [6.45, 7) is 3.99. The molecule has 0 bridgehead atoms. The molecule has 24 heavy (non-hydrogen) atoms. The summed E-state index contributed by atoms with van der Waals surface area (Å²) in [5.41, 5.74) is 1.27. The van der Waals surface area contributed by atoms with Crippen LogP contribution in [0.1, 0.15) is 87.7 Å². The van der Waals surface area contributed by atoms with Gasteiger partial charge in [0.15, 0.2) is 0 Å². The van der Waals surface area contributed by atoms with Gasteiger partial charge in [-0.3, -0.25) is 4.79 Å². The van der Waals surface area contributed by atoms with Gasteiger partial charge in [-0.05, 0) is 44.9 Å². The van der Waals surface area contributed by atoms with Crippen LogP contribution < -0.4 is 0 Å². The summed E-state index contributed by atoms with van der Waals surface area (Å²) in [6.07, 6.45) is 14.3. The van der Waals surface area contributed by atoms with Crippen molar-refractivity contribution in [3.8, 4) is 0 Å². The molecule has 2 saturated carbocycles. The van der Waals surface area contributed by atoms with Crippen LogP contribution in [0.25, 0.3) is 0 Å². The van der Waals surface area contributed by atoms with Gasteiger partial charge in [-0.15, -0.1) is 0 Å². The lowest BCUT2D eigenvalue weighted by Gasteiger charge is -2.28. The maximum absolute atomic E-state index is 12.7. The van der Waals surface area contributed by atoms with Gasteiger partial charge in [0, 0.05) is 37.3 Å². The molecule has 4 heteroatoms. The zero-order chi connectivity index (χ0) is 16.5. The molecular formula is C20H31N3O. The number of hydrogen-bond acceptors (Lipinski definition) is 2. The molecule has 3 aliphatic rings. The molecule has 0 radical (unpaired) electrons. The number of aryl methyl sites for hydroxylation is 1. The van der Waals surface area contributed by atoms with Gasteiger partial charge in [0.2, 0.25) is 5.91 Å². The van der Waals surface area contributed by atoms with Crippen LogP contribution in [0.5, 0.6) is 0 Å². The first kappa shape index (κ1) is 16.2. The van der Waals surface area contributed by atoms with Gasteiger partial charge in [-0.25, -0.2) is 4.98 Å². The van der Waals surface area contributed by atoms with E-state index in [2.05, 4.69) is 16.4 Å². The average Bonchev–Trinajstić information content (AvgIpc) is 3.14. The number of hydrogen-bond donors (Lipinski definition) is 0. The van der Waals surface area contributed by atoms with E-state index in [4.69, 9.17) is 4.98 Å². The Morgan fingerprint density at radius 3 is 2.62 bits per heavy atom. The normalized spacial score (nSPS) is 25.9. The van der Waals surface area contributed by atoms with Crippen LogP contribution in [-0.2, 0) is 4.79 Å². The van der Waals surface area contributed by atoms with Crippen molar-refractivity contribution in [2.75, 3.05) is 13.1 Å². The average molecular weight is 329 g/mol.